The molecule has 20 heavy (non-hydrogen) atoms. The van der Waals surface area contributed by atoms with E-state index >= 15 is 0 Å². The Hall–Kier alpha value is -1.88. The summed E-state index contributed by atoms with van der Waals surface area (Å²) in [6.45, 7) is 1.86. The predicted molar refractivity (Wildman–Crippen MR) is 75.1 cm³/mol. The SMILES string of the molecule is CN1CCC(N2C(=O)NC(c3ccccc3)C2=O)CC1. The van der Waals surface area contributed by atoms with Gasteiger partial charge in [-0.3, -0.25) is 9.69 Å². The summed E-state index contributed by atoms with van der Waals surface area (Å²) in [5.41, 5.74) is 0.848. The molecule has 2 fully saturated rings. The summed E-state index contributed by atoms with van der Waals surface area (Å²) in [6.07, 6.45) is 1.72. The zero-order chi connectivity index (χ0) is 14.1. The van der Waals surface area contributed by atoms with E-state index in [2.05, 4.69) is 17.3 Å². The lowest BCUT2D eigenvalue weighted by atomic mass is 10.0. The van der Waals surface area contributed by atoms with Gasteiger partial charge in [0.1, 0.15) is 6.04 Å². The Morgan fingerprint density at radius 1 is 1.10 bits per heavy atom. The van der Waals surface area contributed by atoms with Crippen LogP contribution in [0.3, 0.4) is 0 Å². The molecule has 5 heteroatoms. The number of rotatable bonds is 2. The van der Waals surface area contributed by atoms with Gasteiger partial charge in [-0.2, -0.15) is 0 Å². The minimum atomic E-state index is -0.525. The van der Waals surface area contributed by atoms with Crippen molar-refractivity contribution in [1.29, 1.82) is 0 Å². The van der Waals surface area contributed by atoms with Gasteiger partial charge in [0, 0.05) is 6.04 Å². The van der Waals surface area contributed by atoms with Crippen molar-refractivity contribution in [3.8, 4) is 0 Å². The molecule has 5 nitrogen and oxygen atoms in total. The molecule has 2 saturated heterocycles. The highest BCUT2D eigenvalue weighted by atomic mass is 16.2. The maximum absolute atomic E-state index is 12.5. The van der Waals surface area contributed by atoms with Crippen LogP contribution in [0.5, 0.6) is 0 Å². The lowest BCUT2D eigenvalue weighted by Crippen LogP contribution is -2.46. The van der Waals surface area contributed by atoms with E-state index in [1.54, 1.807) is 0 Å². The quantitative estimate of drug-likeness (QED) is 0.828. The number of carbonyl (C=O) groups is 2. The normalized spacial score (nSPS) is 25.1. The third-order valence-electron chi connectivity index (χ3n) is 4.16. The minimum Gasteiger partial charge on any atom is -0.322 e. The first-order valence-corrected chi connectivity index (χ1v) is 7.04. The molecule has 0 spiro atoms. The second-order valence-corrected chi connectivity index (χ2v) is 5.54. The van der Waals surface area contributed by atoms with Gasteiger partial charge in [-0.1, -0.05) is 30.3 Å². The first-order valence-electron chi connectivity index (χ1n) is 7.04. The molecule has 3 rings (SSSR count). The number of amides is 3. The largest absolute Gasteiger partial charge is 0.325 e. The molecule has 0 bridgehead atoms. The molecule has 0 radical (unpaired) electrons. The minimum absolute atomic E-state index is 0.0346. The highest BCUT2D eigenvalue weighted by molar-refractivity contribution is 6.05. The number of imide groups is 1. The molecule has 0 aliphatic carbocycles. The van der Waals surface area contributed by atoms with Crippen molar-refractivity contribution >= 4 is 11.9 Å². The van der Waals surface area contributed by atoms with Crippen LogP contribution in [0.15, 0.2) is 30.3 Å². The summed E-state index contributed by atoms with van der Waals surface area (Å²) < 4.78 is 0. The number of piperidine rings is 1. The Kier molecular flexibility index (Phi) is 3.44. The van der Waals surface area contributed by atoms with Crippen LogP contribution >= 0.6 is 0 Å². The van der Waals surface area contributed by atoms with E-state index in [0.29, 0.717) is 0 Å². The maximum atomic E-state index is 12.5. The Balaban J connectivity index is 1.77. The molecule has 1 aromatic rings. The van der Waals surface area contributed by atoms with E-state index in [4.69, 9.17) is 0 Å². The summed E-state index contributed by atoms with van der Waals surface area (Å²) in [4.78, 5) is 28.3. The Morgan fingerprint density at radius 3 is 2.40 bits per heavy atom. The number of likely N-dealkylation sites (tertiary alicyclic amines) is 1. The van der Waals surface area contributed by atoms with Crippen LogP contribution in [0.4, 0.5) is 4.79 Å². The van der Waals surface area contributed by atoms with Gasteiger partial charge in [0.2, 0.25) is 0 Å². The van der Waals surface area contributed by atoms with Crippen LogP contribution in [0.1, 0.15) is 24.4 Å². The molecular formula is C15H19N3O2. The van der Waals surface area contributed by atoms with E-state index < -0.39 is 6.04 Å². The zero-order valence-corrected chi connectivity index (χ0v) is 11.6. The summed E-state index contributed by atoms with van der Waals surface area (Å²) in [7, 11) is 2.06. The van der Waals surface area contributed by atoms with Crippen LogP contribution in [0.2, 0.25) is 0 Å². The third kappa shape index (κ3) is 2.29. The standard InChI is InChI=1S/C15H19N3O2/c1-17-9-7-12(8-10-17)18-14(19)13(16-15(18)20)11-5-3-2-4-6-11/h2-6,12-13H,7-10H2,1H3,(H,16,20). The fourth-order valence-corrected chi connectivity index (χ4v) is 2.96. The fraction of sp³-hybridized carbons (Fsp3) is 0.467. The molecule has 2 aliphatic rings. The number of hydrogen-bond acceptors (Lipinski definition) is 3. The smallest absolute Gasteiger partial charge is 0.322 e. The van der Waals surface area contributed by atoms with E-state index in [0.717, 1.165) is 31.5 Å². The van der Waals surface area contributed by atoms with Crippen molar-refractivity contribution in [3.05, 3.63) is 35.9 Å². The second-order valence-electron chi connectivity index (χ2n) is 5.54. The summed E-state index contributed by atoms with van der Waals surface area (Å²) in [5.74, 6) is -0.115. The molecule has 1 unspecified atom stereocenters. The van der Waals surface area contributed by atoms with Crippen molar-refractivity contribution in [2.75, 3.05) is 20.1 Å². The van der Waals surface area contributed by atoms with Crippen molar-refractivity contribution in [3.63, 3.8) is 0 Å². The Labute approximate surface area is 118 Å². The molecule has 2 aliphatic heterocycles. The van der Waals surface area contributed by atoms with Crippen molar-refractivity contribution in [2.24, 2.45) is 0 Å². The van der Waals surface area contributed by atoms with Gasteiger partial charge in [-0.25, -0.2) is 4.79 Å². The Bertz CT molecular complexity index is 509. The van der Waals surface area contributed by atoms with Crippen LogP contribution in [0, 0.1) is 0 Å². The Morgan fingerprint density at radius 2 is 1.75 bits per heavy atom. The number of hydrogen-bond donors (Lipinski definition) is 1. The van der Waals surface area contributed by atoms with Crippen LogP contribution in [0.25, 0.3) is 0 Å². The summed E-state index contributed by atoms with van der Waals surface area (Å²) in [6, 6.07) is 8.68. The maximum Gasteiger partial charge on any atom is 0.325 e. The summed E-state index contributed by atoms with van der Waals surface area (Å²) in [5, 5.41) is 2.80. The predicted octanol–water partition coefficient (Wildman–Crippen LogP) is 1.37. The van der Waals surface area contributed by atoms with E-state index in [-0.39, 0.29) is 18.0 Å². The molecule has 3 amide bonds. The molecular weight excluding hydrogens is 254 g/mol. The molecule has 1 atom stereocenters. The van der Waals surface area contributed by atoms with Crippen LogP contribution in [-0.4, -0.2) is 47.9 Å². The van der Waals surface area contributed by atoms with E-state index in [9.17, 15) is 9.59 Å². The first kappa shape index (κ1) is 13.1. The molecule has 106 valence electrons. The van der Waals surface area contributed by atoms with E-state index in [1.165, 1.54) is 4.90 Å². The number of benzene rings is 1. The number of urea groups is 1. The van der Waals surface area contributed by atoms with Crippen LogP contribution < -0.4 is 5.32 Å². The molecule has 0 saturated carbocycles. The fourth-order valence-electron chi connectivity index (χ4n) is 2.96. The number of nitrogens with one attached hydrogen (secondary N) is 1. The third-order valence-corrected chi connectivity index (χ3v) is 4.16. The van der Waals surface area contributed by atoms with Crippen molar-refractivity contribution in [2.45, 2.75) is 24.9 Å². The van der Waals surface area contributed by atoms with Gasteiger partial charge in [-0.05, 0) is 38.5 Å². The second kappa shape index (κ2) is 5.25. The highest BCUT2D eigenvalue weighted by Gasteiger charge is 2.43. The lowest BCUT2D eigenvalue weighted by molar-refractivity contribution is -0.129. The van der Waals surface area contributed by atoms with E-state index in [1.807, 2.05) is 30.3 Å². The highest BCUT2D eigenvalue weighted by Crippen LogP contribution is 2.26. The molecule has 1 aromatic carbocycles. The number of nitrogens with zero attached hydrogens (tertiary/aromatic N) is 2. The number of carbonyl (C=O) groups excluding carboxylic acids is 2. The molecule has 2 heterocycles. The van der Waals surface area contributed by atoms with Gasteiger partial charge < -0.3 is 10.2 Å². The zero-order valence-electron chi connectivity index (χ0n) is 11.6. The lowest BCUT2D eigenvalue weighted by Gasteiger charge is -2.33. The van der Waals surface area contributed by atoms with Crippen molar-refractivity contribution < 1.29 is 9.59 Å². The topological polar surface area (TPSA) is 52.6 Å². The van der Waals surface area contributed by atoms with Crippen molar-refractivity contribution in [1.82, 2.24) is 15.1 Å². The monoisotopic (exact) mass is 273 g/mol. The summed E-state index contributed by atoms with van der Waals surface area (Å²) >= 11 is 0. The van der Waals surface area contributed by atoms with Gasteiger partial charge in [-0.15, -0.1) is 0 Å². The van der Waals surface area contributed by atoms with Gasteiger partial charge in [0.15, 0.2) is 0 Å². The average molecular weight is 273 g/mol. The first-order chi connectivity index (χ1) is 9.66. The molecule has 1 N–H and O–H groups in total. The van der Waals surface area contributed by atoms with Crippen LogP contribution in [-0.2, 0) is 4.79 Å². The van der Waals surface area contributed by atoms with Gasteiger partial charge in [0.25, 0.3) is 5.91 Å². The average Bonchev–Trinajstić information content (AvgIpc) is 2.76. The van der Waals surface area contributed by atoms with Gasteiger partial charge >= 0.3 is 6.03 Å². The molecule has 0 aromatic heterocycles. The van der Waals surface area contributed by atoms with Gasteiger partial charge in [0.05, 0.1) is 0 Å².